The Labute approximate surface area is 112 Å². The molecule has 2 unspecified atom stereocenters. The molecular weight excluding hydrogens is 253 g/mol. The van der Waals surface area contributed by atoms with E-state index in [9.17, 15) is 4.39 Å². The van der Waals surface area contributed by atoms with Crippen molar-refractivity contribution in [1.29, 1.82) is 0 Å². The molecule has 0 saturated heterocycles. The minimum absolute atomic E-state index is 0.175. The molecule has 1 aliphatic carbocycles. The molecule has 1 aliphatic rings. The van der Waals surface area contributed by atoms with Crippen LogP contribution < -0.4 is 5.32 Å². The highest BCUT2D eigenvalue weighted by Gasteiger charge is 2.24. The van der Waals surface area contributed by atoms with Crippen LogP contribution in [-0.2, 0) is 11.3 Å². The Hall–Kier alpha value is -0.640. The second kappa shape index (κ2) is 6.50. The molecule has 2 nitrogen and oxygen atoms in total. The van der Waals surface area contributed by atoms with Crippen molar-refractivity contribution in [1.82, 2.24) is 5.32 Å². The molecular formula is C14H19ClFNO. The van der Waals surface area contributed by atoms with Crippen LogP contribution in [0.15, 0.2) is 18.2 Å². The zero-order chi connectivity index (χ0) is 13.0. The van der Waals surface area contributed by atoms with Crippen molar-refractivity contribution in [2.75, 3.05) is 7.05 Å². The molecule has 0 spiro atoms. The van der Waals surface area contributed by atoms with Crippen molar-refractivity contribution in [2.45, 2.75) is 44.4 Å². The normalized spacial score (nSPS) is 24.2. The predicted molar refractivity (Wildman–Crippen MR) is 71.3 cm³/mol. The van der Waals surface area contributed by atoms with Gasteiger partial charge in [0, 0.05) is 6.04 Å². The average molecular weight is 272 g/mol. The second-order valence-electron chi connectivity index (χ2n) is 4.74. The van der Waals surface area contributed by atoms with E-state index in [1.165, 1.54) is 18.9 Å². The van der Waals surface area contributed by atoms with Gasteiger partial charge in [0.05, 0.1) is 17.7 Å². The summed E-state index contributed by atoms with van der Waals surface area (Å²) in [6.45, 7) is 0.374. The Bertz CT molecular complexity index is 399. The molecule has 1 fully saturated rings. The van der Waals surface area contributed by atoms with Crippen LogP contribution in [0.1, 0.15) is 31.2 Å². The number of nitrogens with one attached hydrogen (secondary N) is 1. The van der Waals surface area contributed by atoms with Crippen molar-refractivity contribution in [3.8, 4) is 0 Å². The fourth-order valence-electron chi connectivity index (χ4n) is 2.48. The Balaban J connectivity index is 1.96. The molecule has 1 saturated carbocycles. The molecule has 2 rings (SSSR count). The summed E-state index contributed by atoms with van der Waals surface area (Å²) in [5.74, 6) is -0.383. The lowest BCUT2D eigenvalue weighted by Crippen LogP contribution is -2.41. The van der Waals surface area contributed by atoms with Crippen LogP contribution in [0.4, 0.5) is 4.39 Å². The van der Waals surface area contributed by atoms with Crippen LogP contribution in [0.2, 0.25) is 5.02 Å². The van der Waals surface area contributed by atoms with Crippen LogP contribution in [-0.4, -0.2) is 19.2 Å². The van der Waals surface area contributed by atoms with Crippen LogP contribution in [0.5, 0.6) is 0 Å². The van der Waals surface area contributed by atoms with E-state index in [1.807, 2.05) is 13.1 Å². The largest absolute Gasteiger partial charge is 0.372 e. The SMILES string of the molecule is CNC1CCCCC1OCc1cccc(F)c1Cl. The molecule has 1 N–H and O–H groups in total. The summed E-state index contributed by atoms with van der Waals surface area (Å²) >= 11 is 5.91. The van der Waals surface area contributed by atoms with E-state index >= 15 is 0 Å². The number of ether oxygens (including phenoxy) is 1. The first-order valence-corrected chi connectivity index (χ1v) is 6.82. The van der Waals surface area contributed by atoms with Gasteiger partial charge in [-0.2, -0.15) is 0 Å². The smallest absolute Gasteiger partial charge is 0.142 e. The predicted octanol–water partition coefficient (Wildman–Crippen LogP) is 3.53. The molecule has 18 heavy (non-hydrogen) atoms. The van der Waals surface area contributed by atoms with E-state index < -0.39 is 0 Å². The van der Waals surface area contributed by atoms with E-state index in [0.717, 1.165) is 18.4 Å². The summed E-state index contributed by atoms with van der Waals surface area (Å²) in [4.78, 5) is 0. The number of rotatable bonds is 4. The third-order valence-electron chi connectivity index (χ3n) is 3.56. The number of hydrogen-bond acceptors (Lipinski definition) is 2. The fraction of sp³-hybridized carbons (Fsp3) is 0.571. The molecule has 0 bridgehead atoms. The van der Waals surface area contributed by atoms with E-state index in [2.05, 4.69) is 5.32 Å². The lowest BCUT2D eigenvalue weighted by Gasteiger charge is -2.31. The summed E-state index contributed by atoms with van der Waals surface area (Å²) in [6.07, 6.45) is 4.82. The Morgan fingerprint density at radius 1 is 1.39 bits per heavy atom. The van der Waals surface area contributed by atoms with Crippen molar-refractivity contribution >= 4 is 11.6 Å². The van der Waals surface area contributed by atoms with E-state index in [0.29, 0.717) is 12.6 Å². The summed E-state index contributed by atoms with van der Waals surface area (Å²) in [5.41, 5.74) is 0.720. The third-order valence-corrected chi connectivity index (χ3v) is 3.98. The highest BCUT2D eigenvalue weighted by Crippen LogP contribution is 2.25. The first kappa shape index (κ1) is 13.8. The summed E-state index contributed by atoms with van der Waals surface area (Å²) in [5, 5.41) is 3.46. The van der Waals surface area contributed by atoms with Gasteiger partial charge in [0.1, 0.15) is 5.82 Å². The topological polar surface area (TPSA) is 21.3 Å². The maximum atomic E-state index is 13.3. The van der Waals surface area contributed by atoms with E-state index in [1.54, 1.807) is 6.07 Å². The maximum absolute atomic E-state index is 13.3. The van der Waals surface area contributed by atoms with Gasteiger partial charge in [0.25, 0.3) is 0 Å². The standard InChI is InChI=1S/C14H19ClFNO/c1-17-12-7-2-3-8-13(12)18-9-10-5-4-6-11(16)14(10)15/h4-6,12-13,17H,2-3,7-9H2,1H3. The Morgan fingerprint density at radius 2 is 2.17 bits per heavy atom. The molecule has 0 radical (unpaired) electrons. The van der Waals surface area contributed by atoms with Crippen molar-refractivity contribution in [3.63, 3.8) is 0 Å². The Morgan fingerprint density at radius 3 is 2.94 bits per heavy atom. The Kier molecular flexibility index (Phi) is 4.98. The van der Waals surface area contributed by atoms with Crippen LogP contribution >= 0.6 is 11.6 Å². The van der Waals surface area contributed by atoms with Gasteiger partial charge in [-0.15, -0.1) is 0 Å². The number of hydrogen-bond donors (Lipinski definition) is 1. The van der Waals surface area contributed by atoms with E-state index in [-0.39, 0.29) is 16.9 Å². The van der Waals surface area contributed by atoms with Crippen molar-refractivity contribution in [3.05, 3.63) is 34.6 Å². The number of benzene rings is 1. The zero-order valence-electron chi connectivity index (χ0n) is 10.6. The van der Waals surface area contributed by atoms with Gasteiger partial charge in [0.15, 0.2) is 0 Å². The summed E-state index contributed by atoms with van der Waals surface area (Å²) in [7, 11) is 1.96. The molecule has 1 aromatic carbocycles. The summed E-state index contributed by atoms with van der Waals surface area (Å²) in [6, 6.07) is 5.23. The minimum Gasteiger partial charge on any atom is -0.372 e. The second-order valence-corrected chi connectivity index (χ2v) is 5.12. The lowest BCUT2D eigenvalue weighted by molar-refractivity contribution is -0.00366. The quantitative estimate of drug-likeness (QED) is 0.905. The van der Waals surface area contributed by atoms with Gasteiger partial charge in [0.2, 0.25) is 0 Å². The fourth-order valence-corrected chi connectivity index (χ4v) is 2.66. The zero-order valence-corrected chi connectivity index (χ0v) is 11.3. The van der Waals surface area contributed by atoms with Crippen molar-refractivity contribution in [2.24, 2.45) is 0 Å². The van der Waals surface area contributed by atoms with E-state index in [4.69, 9.17) is 16.3 Å². The van der Waals surface area contributed by atoms with Gasteiger partial charge in [-0.1, -0.05) is 36.6 Å². The molecule has 0 heterocycles. The van der Waals surface area contributed by atoms with Gasteiger partial charge in [-0.25, -0.2) is 4.39 Å². The minimum atomic E-state index is -0.383. The van der Waals surface area contributed by atoms with Gasteiger partial charge < -0.3 is 10.1 Å². The molecule has 0 aromatic heterocycles. The monoisotopic (exact) mass is 271 g/mol. The molecule has 0 amide bonds. The number of likely N-dealkylation sites (N-methyl/N-ethyl adjacent to an activating group) is 1. The lowest BCUT2D eigenvalue weighted by atomic mass is 9.92. The first-order valence-electron chi connectivity index (χ1n) is 6.44. The van der Waals surface area contributed by atoms with Crippen LogP contribution in [0.25, 0.3) is 0 Å². The first-order chi connectivity index (χ1) is 8.72. The van der Waals surface area contributed by atoms with Gasteiger partial charge in [-0.3, -0.25) is 0 Å². The van der Waals surface area contributed by atoms with Gasteiger partial charge >= 0.3 is 0 Å². The average Bonchev–Trinajstić information content (AvgIpc) is 2.41. The summed E-state index contributed by atoms with van der Waals surface area (Å²) < 4.78 is 19.2. The van der Waals surface area contributed by atoms with Crippen LogP contribution in [0, 0.1) is 5.82 Å². The number of halogens is 2. The molecule has 1 aromatic rings. The molecule has 100 valence electrons. The molecule has 2 atom stereocenters. The van der Waals surface area contributed by atoms with Crippen LogP contribution in [0.3, 0.4) is 0 Å². The third kappa shape index (κ3) is 3.22. The highest BCUT2D eigenvalue weighted by molar-refractivity contribution is 6.31. The highest BCUT2D eigenvalue weighted by atomic mass is 35.5. The molecule has 4 heteroatoms. The maximum Gasteiger partial charge on any atom is 0.142 e. The molecule has 0 aliphatic heterocycles. The van der Waals surface area contributed by atoms with Crippen molar-refractivity contribution < 1.29 is 9.13 Å². The van der Waals surface area contributed by atoms with Gasteiger partial charge in [-0.05, 0) is 31.5 Å².